The largest absolute Gasteiger partial charge is 0.419 e. The molecule has 10 heteroatoms. The first-order chi connectivity index (χ1) is 12.7. The van der Waals surface area contributed by atoms with Crippen LogP contribution in [0.5, 0.6) is 0 Å². The second-order valence-corrected chi connectivity index (χ2v) is 6.72. The number of alkyl halides is 3. The van der Waals surface area contributed by atoms with Crippen LogP contribution in [0.1, 0.15) is 41.7 Å². The number of nitrogens with one attached hydrogen (secondary N) is 1. The summed E-state index contributed by atoms with van der Waals surface area (Å²) < 4.78 is 56.6. The van der Waals surface area contributed by atoms with Gasteiger partial charge in [0.15, 0.2) is 11.5 Å². The molecule has 1 saturated carbocycles. The Balaban J connectivity index is 1.79. The number of carbonyl (C=O) groups excluding carboxylic acids is 1. The van der Waals surface area contributed by atoms with Gasteiger partial charge in [0.1, 0.15) is 10.8 Å². The lowest BCUT2D eigenvalue weighted by Gasteiger charge is -2.25. The number of aliphatic hydroxyl groups excluding tert-OH is 1. The zero-order chi connectivity index (χ0) is 19.8. The average Bonchev–Trinajstić information content (AvgIpc) is 2.97. The number of aromatic nitrogens is 1. The Morgan fingerprint density at radius 1 is 1.26 bits per heavy atom. The molecule has 1 aromatic carbocycles. The lowest BCUT2D eigenvalue weighted by molar-refractivity contribution is -0.139. The minimum atomic E-state index is -4.83. The molecule has 5 nitrogen and oxygen atoms in total. The zero-order valence-electron chi connectivity index (χ0n) is 13.8. The van der Waals surface area contributed by atoms with Crippen molar-refractivity contribution in [2.24, 2.45) is 0 Å². The van der Waals surface area contributed by atoms with Crippen LogP contribution in [-0.2, 0) is 6.18 Å². The number of hydrogen-bond acceptors (Lipinski definition) is 4. The summed E-state index contributed by atoms with van der Waals surface area (Å²) in [5, 5.41) is 15.5. The van der Waals surface area contributed by atoms with Gasteiger partial charge in [-0.3, -0.25) is 4.79 Å². The number of aliphatic hydroxyl groups is 1. The van der Waals surface area contributed by atoms with E-state index in [0.29, 0.717) is 37.8 Å². The first-order valence-corrected chi connectivity index (χ1v) is 8.56. The third-order valence-electron chi connectivity index (χ3n) is 4.42. The van der Waals surface area contributed by atoms with Gasteiger partial charge in [-0.15, -0.1) is 0 Å². The van der Waals surface area contributed by atoms with E-state index in [0.717, 1.165) is 6.07 Å². The van der Waals surface area contributed by atoms with E-state index >= 15 is 0 Å². The van der Waals surface area contributed by atoms with Gasteiger partial charge in [-0.05, 0) is 37.8 Å². The molecule has 0 spiro atoms. The smallest absolute Gasteiger partial charge is 0.393 e. The predicted molar refractivity (Wildman–Crippen MR) is 87.6 cm³/mol. The average molecular weight is 407 g/mol. The van der Waals surface area contributed by atoms with Gasteiger partial charge in [0, 0.05) is 11.6 Å². The molecular formula is C17H15ClF4N2O3. The van der Waals surface area contributed by atoms with Crippen LogP contribution >= 0.6 is 11.6 Å². The Hall–Kier alpha value is -2.13. The van der Waals surface area contributed by atoms with Crippen LogP contribution in [0.3, 0.4) is 0 Å². The fraction of sp³-hybridized carbons (Fsp3) is 0.412. The molecule has 3 rings (SSSR count). The fourth-order valence-corrected chi connectivity index (χ4v) is 3.22. The van der Waals surface area contributed by atoms with Crippen LogP contribution in [0.2, 0.25) is 5.02 Å². The molecule has 1 aliphatic carbocycles. The van der Waals surface area contributed by atoms with E-state index in [1.165, 1.54) is 0 Å². The van der Waals surface area contributed by atoms with E-state index in [-0.39, 0.29) is 34.2 Å². The highest BCUT2D eigenvalue weighted by atomic mass is 35.5. The number of nitrogens with zero attached hydrogens (tertiary/aromatic N) is 1. The summed E-state index contributed by atoms with van der Waals surface area (Å²) >= 11 is 6.07. The minimum Gasteiger partial charge on any atom is -0.393 e. The molecule has 0 bridgehead atoms. The normalized spacial score (nSPS) is 20.5. The highest BCUT2D eigenvalue weighted by Crippen LogP contribution is 2.36. The van der Waals surface area contributed by atoms with Crippen LogP contribution in [0, 0.1) is 5.82 Å². The molecule has 1 fully saturated rings. The molecular weight excluding hydrogens is 392 g/mol. The van der Waals surface area contributed by atoms with Gasteiger partial charge < -0.3 is 14.9 Å². The maximum absolute atomic E-state index is 13.7. The van der Waals surface area contributed by atoms with Gasteiger partial charge >= 0.3 is 6.18 Å². The van der Waals surface area contributed by atoms with Crippen molar-refractivity contribution in [2.45, 2.75) is 44.0 Å². The Kier molecular flexibility index (Phi) is 5.43. The quantitative estimate of drug-likeness (QED) is 0.750. The molecule has 1 amide bonds. The van der Waals surface area contributed by atoms with Crippen molar-refractivity contribution in [1.29, 1.82) is 0 Å². The maximum Gasteiger partial charge on any atom is 0.419 e. The summed E-state index contributed by atoms with van der Waals surface area (Å²) in [7, 11) is 0. The van der Waals surface area contributed by atoms with Crippen LogP contribution < -0.4 is 5.32 Å². The molecule has 0 unspecified atom stereocenters. The molecule has 1 aliphatic rings. The van der Waals surface area contributed by atoms with Crippen molar-refractivity contribution in [3.63, 3.8) is 0 Å². The van der Waals surface area contributed by atoms with Crippen LogP contribution in [0.4, 0.5) is 17.6 Å². The summed E-state index contributed by atoms with van der Waals surface area (Å²) in [4.78, 5) is 12.3. The summed E-state index contributed by atoms with van der Waals surface area (Å²) in [6.45, 7) is 0. The number of hydrogen-bond donors (Lipinski definition) is 2. The second kappa shape index (κ2) is 7.47. The van der Waals surface area contributed by atoms with Crippen LogP contribution in [0.25, 0.3) is 11.3 Å². The second-order valence-electron chi connectivity index (χ2n) is 6.35. The number of amides is 1. The standard InChI is InChI=1S/C17H15ClF4N2O3/c18-13-14(16(26)23-9-2-4-10(25)5-3-9)24-27-15(13)8-1-6-11(12(19)7-8)17(20,21)22/h1,6-7,9-10,25H,2-5H2,(H,23,26)/t9-,10+. The Labute approximate surface area is 156 Å². The van der Waals surface area contributed by atoms with E-state index < -0.39 is 23.5 Å². The number of benzene rings is 1. The number of halogens is 5. The molecule has 146 valence electrons. The van der Waals surface area contributed by atoms with Crippen molar-refractivity contribution in [1.82, 2.24) is 10.5 Å². The molecule has 0 atom stereocenters. The van der Waals surface area contributed by atoms with Crippen molar-refractivity contribution >= 4 is 17.5 Å². The summed E-state index contributed by atoms with van der Waals surface area (Å²) in [5.41, 5.74) is -1.73. The van der Waals surface area contributed by atoms with E-state index in [1.54, 1.807) is 0 Å². The third-order valence-corrected chi connectivity index (χ3v) is 4.77. The fourth-order valence-electron chi connectivity index (χ4n) is 2.96. The van der Waals surface area contributed by atoms with E-state index in [1.807, 2.05) is 0 Å². The van der Waals surface area contributed by atoms with Crippen molar-refractivity contribution in [3.05, 3.63) is 40.3 Å². The molecule has 1 heterocycles. The van der Waals surface area contributed by atoms with Crippen LogP contribution in [-0.4, -0.2) is 28.3 Å². The van der Waals surface area contributed by atoms with Gasteiger partial charge in [-0.1, -0.05) is 22.8 Å². The molecule has 27 heavy (non-hydrogen) atoms. The number of rotatable bonds is 3. The van der Waals surface area contributed by atoms with Crippen molar-refractivity contribution in [3.8, 4) is 11.3 Å². The number of carbonyl (C=O) groups is 1. The highest BCUT2D eigenvalue weighted by Gasteiger charge is 2.34. The zero-order valence-corrected chi connectivity index (χ0v) is 14.6. The Morgan fingerprint density at radius 3 is 2.52 bits per heavy atom. The monoisotopic (exact) mass is 406 g/mol. The summed E-state index contributed by atoms with van der Waals surface area (Å²) in [6.07, 6.45) is -2.89. The molecule has 1 aromatic heterocycles. The van der Waals surface area contributed by atoms with E-state index in [2.05, 4.69) is 10.5 Å². The predicted octanol–water partition coefficient (Wildman–Crippen LogP) is 4.19. The van der Waals surface area contributed by atoms with Crippen molar-refractivity contribution < 1.29 is 32.0 Å². The molecule has 0 saturated heterocycles. The molecule has 0 radical (unpaired) electrons. The maximum atomic E-state index is 13.7. The van der Waals surface area contributed by atoms with Gasteiger partial charge in [-0.25, -0.2) is 4.39 Å². The van der Waals surface area contributed by atoms with Crippen molar-refractivity contribution in [2.75, 3.05) is 0 Å². The SMILES string of the molecule is O=C(N[C@H]1CC[C@@H](O)CC1)c1noc(-c2ccc(C(F)(F)F)c(F)c2)c1Cl. The Morgan fingerprint density at radius 2 is 1.93 bits per heavy atom. The van der Waals surface area contributed by atoms with Gasteiger partial charge in [-0.2, -0.15) is 13.2 Å². The third kappa shape index (κ3) is 4.24. The topological polar surface area (TPSA) is 75.4 Å². The van der Waals surface area contributed by atoms with E-state index in [9.17, 15) is 27.5 Å². The minimum absolute atomic E-state index is 0.0714. The van der Waals surface area contributed by atoms with Gasteiger partial charge in [0.05, 0.1) is 11.7 Å². The summed E-state index contributed by atoms with van der Waals surface area (Å²) in [5.74, 6) is -2.29. The first-order valence-electron chi connectivity index (χ1n) is 8.18. The Bertz CT molecular complexity index is 845. The molecule has 0 aliphatic heterocycles. The lowest BCUT2D eigenvalue weighted by Crippen LogP contribution is -2.38. The highest BCUT2D eigenvalue weighted by molar-refractivity contribution is 6.35. The molecule has 2 N–H and O–H groups in total. The van der Waals surface area contributed by atoms with Crippen LogP contribution in [0.15, 0.2) is 22.7 Å². The van der Waals surface area contributed by atoms with Gasteiger partial charge in [0.25, 0.3) is 5.91 Å². The lowest BCUT2D eigenvalue weighted by atomic mass is 9.93. The van der Waals surface area contributed by atoms with E-state index in [4.69, 9.17) is 16.1 Å². The van der Waals surface area contributed by atoms with Gasteiger partial charge in [0.2, 0.25) is 0 Å². The first kappa shape index (κ1) is 19.6. The molecule has 2 aromatic rings. The summed E-state index contributed by atoms with van der Waals surface area (Å²) in [6, 6.07) is 2.03.